The third-order valence-electron chi connectivity index (χ3n) is 1.82. The van der Waals surface area contributed by atoms with Crippen molar-refractivity contribution in [3.8, 4) is 17.2 Å². The maximum absolute atomic E-state index is 9.45. The molecule has 0 unspecified atom stereocenters. The van der Waals surface area contributed by atoms with Gasteiger partial charge in [0.25, 0.3) is 0 Å². The van der Waals surface area contributed by atoms with E-state index >= 15 is 0 Å². The third-order valence-corrected chi connectivity index (χ3v) is 2.05. The predicted octanol–water partition coefficient (Wildman–Crippen LogP) is 0.621. The van der Waals surface area contributed by atoms with Gasteiger partial charge in [0.05, 0.1) is 11.8 Å². The number of aromatic hydroxyl groups is 3. The maximum atomic E-state index is 9.45. The maximum Gasteiger partial charge on any atom is 0.186 e. The minimum atomic E-state index is -0.276. The number of hydrogen-bond donors (Lipinski definition) is 5. The van der Waals surface area contributed by atoms with Crippen molar-refractivity contribution in [2.75, 3.05) is 6.54 Å². The predicted molar refractivity (Wildman–Crippen MR) is 68.4 cm³/mol. The molecule has 0 radical (unpaired) electrons. The standard InChI is InChI=1S/C10H13N3O3S/c1-2-11-10(17)13-12-5-7-8(15)3-6(14)4-9(7)16/h3-5,14-16H,2H2,1H3,(H2,11,13,17)/b12-5+. The van der Waals surface area contributed by atoms with E-state index in [0.29, 0.717) is 11.7 Å². The van der Waals surface area contributed by atoms with Gasteiger partial charge in [0.2, 0.25) is 0 Å². The first-order chi connectivity index (χ1) is 8.04. The van der Waals surface area contributed by atoms with Gasteiger partial charge in [-0.3, -0.25) is 5.43 Å². The van der Waals surface area contributed by atoms with Crippen LogP contribution in [-0.2, 0) is 0 Å². The van der Waals surface area contributed by atoms with E-state index in [0.717, 1.165) is 12.1 Å². The number of phenolic OH excluding ortho intramolecular Hbond substituents is 3. The van der Waals surface area contributed by atoms with Crippen molar-refractivity contribution in [3.05, 3.63) is 17.7 Å². The van der Waals surface area contributed by atoms with Crippen molar-refractivity contribution in [2.45, 2.75) is 6.92 Å². The molecule has 92 valence electrons. The Morgan fingerprint density at radius 3 is 2.47 bits per heavy atom. The van der Waals surface area contributed by atoms with Crippen molar-refractivity contribution in [2.24, 2.45) is 5.10 Å². The normalized spacial score (nSPS) is 10.4. The monoisotopic (exact) mass is 255 g/mol. The molecular formula is C10H13N3O3S. The van der Waals surface area contributed by atoms with Crippen LogP contribution in [0.25, 0.3) is 0 Å². The molecule has 17 heavy (non-hydrogen) atoms. The Morgan fingerprint density at radius 2 is 1.94 bits per heavy atom. The molecule has 0 aliphatic carbocycles. The minimum absolute atomic E-state index is 0.0922. The lowest BCUT2D eigenvalue weighted by molar-refractivity contribution is 0.427. The first-order valence-electron chi connectivity index (χ1n) is 4.86. The van der Waals surface area contributed by atoms with Crippen LogP contribution in [0.5, 0.6) is 17.2 Å². The second kappa shape index (κ2) is 5.90. The zero-order valence-corrected chi connectivity index (χ0v) is 9.95. The quantitative estimate of drug-likeness (QED) is 0.309. The lowest BCUT2D eigenvalue weighted by atomic mass is 10.2. The second-order valence-corrected chi connectivity index (χ2v) is 3.54. The summed E-state index contributed by atoms with van der Waals surface area (Å²) in [7, 11) is 0. The van der Waals surface area contributed by atoms with E-state index in [1.54, 1.807) is 0 Å². The van der Waals surface area contributed by atoms with Crippen molar-refractivity contribution >= 4 is 23.5 Å². The average molecular weight is 255 g/mol. The molecule has 0 aliphatic rings. The van der Waals surface area contributed by atoms with Crippen LogP contribution in [0.3, 0.4) is 0 Å². The van der Waals surface area contributed by atoms with E-state index < -0.39 is 0 Å². The molecule has 0 saturated carbocycles. The Balaban J connectivity index is 2.75. The summed E-state index contributed by atoms with van der Waals surface area (Å²) in [6.07, 6.45) is 1.20. The van der Waals surface area contributed by atoms with Crippen LogP contribution in [0.2, 0.25) is 0 Å². The van der Waals surface area contributed by atoms with Crippen molar-refractivity contribution in [1.82, 2.24) is 10.7 Å². The largest absolute Gasteiger partial charge is 0.508 e. The summed E-state index contributed by atoms with van der Waals surface area (Å²) in [6, 6.07) is 2.20. The molecular weight excluding hydrogens is 242 g/mol. The van der Waals surface area contributed by atoms with Gasteiger partial charge < -0.3 is 20.6 Å². The molecule has 0 heterocycles. The zero-order chi connectivity index (χ0) is 12.8. The van der Waals surface area contributed by atoms with Gasteiger partial charge in [0.1, 0.15) is 17.2 Å². The second-order valence-electron chi connectivity index (χ2n) is 3.13. The van der Waals surface area contributed by atoms with Crippen molar-refractivity contribution < 1.29 is 15.3 Å². The Hall–Kier alpha value is -2.02. The Morgan fingerprint density at radius 1 is 1.35 bits per heavy atom. The Bertz CT molecular complexity index is 425. The van der Waals surface area contributed by atoms with E-state index in [4.69, 9.17) is 17.3 Å². The molecule has 0 atom stereocenters. The van der Waals surface area contributed by atoms with E-state index in [1.807, 2.05) is 6.92 Å². The molecule has 0 spiro atoms. The van der Waals surface area contributed by atoms with Gasteiger partial charge in [-0.1, -0.05) is 0 Å². The summed E-state index contributed by atoms with van der Waals surface area (Å²) in [5.41, 5.74) is 2.60. The van der Waals surface area contributed by atoms with Crippen LogP contribution in [-0.4, -0.2) is 33.2 Å². The fourth-order valence-electron chi connectivity index (χ4n) is 1.10. The highest BCUT2D eigenvalue weighted by molar-refractivity contribution is 7.80. The van der Waals surface area contributed by atoms with Crippen molar-refractivity contribution in [1.29, 1.82) is 0 Å². The van der Waals surface area contributed by atoms with E-state index in [-0.39, 0.29) is 22.8 Å². The van der Waals surface area contributed by atoms with E-state index in [9.17, 15) is 10.2 Å². The van der Waals surface area contributed by atoms with Crippen LogP contribution < -0.4 is 10.7 Å². The fourth-order valence-corrected chi connectivity index (χ4v) is 1.29. The molecule has 7 heteroatoms. The summed E-state index contributed by atoms with van der Waals surface area (Å²) >= 11 is 4.85. The molecule has 1 aromatic rings. The topological polar surface area (TPSA) is 97.1 Å². The number of thiocarbonyl (C=S) groups is 1. The van der Waals surface area contributed by atoms with Crippen LogP contribution >= 0.6 is 12.2 Å². The molecule has 0 fully saturated rings. The summed E-state index contributed by atoms with van der Waals surface area (Å²) < 4.78 is 0. The lowest BCUT2D eigenvalue weighted by Crippen LogP contribution is -2.31. The van der Waals surface area contributed by atoms with Crippen molar-refractivity contribution in [3.63, 3.8) is 0 Å². The van der Waals surface area contributed by atoms with Crippen LogP contribution in [0.1, 0.15) is 12.5 Å². The van der Waals surface area contributed by atoms with Gasteiger partial charge in [-0.2, -0.15) is 5.10 Å². The van der Waals surface area contributed by atoms with Gasteiger partial charge in [-0.15, -0.1) is 0 Å². The van der Waals surface area contributed by atoms with Crippen LogP contribution in [0.15, 0.2) is 17.2 Å². The highest BCUT2D eigenvalue weighted by Gasteiger charge is 2.07. The molecule has 6 nitrogen and oxygen atoms in total. The summed E-state index contributed by atoms with van der Waals surface area (Å²) in [6.45, 7) is 2.55. The van der Waals surface area contributed by atoms with Gasteiger partial charge in [0, 0.05) is 18.7 Å². The Kier molecular flexibility index (Phi) is 4.53. The lowest BCUT2D eigenvalue weighted by Gasteiger charge is -2.05. The number of rotatable bonds is 3. The molecule has 0 bridgehead atoms. The smallest absolute Gasteiger partial charge is 0.186 e. The minimum Gasteiger partial charge on any atom is -0.508 e. The fraction of sp³-hybridized carbons (Fsp3) is 0.200. The highest BCUT2D eigenvalue weighted by atomic mass is 32.1. The molecule has 0 aromatic heterocycles. The summed E-state index contributed by atoms with van der Waals surface area (Å²) in [5.74, 6) is -0.780. The average Bonchev–Trinajstić information content (AvgIpc) is 2.22. The molecule has 1 aromatic carbocycles. The molecule has 1 rings (SSSR count). The summed E-state index contributed by atoms with van der Waals surface area (Å²) in [4.78, 5) is 0. The molecule has 0 amide bonds. The number of hydrazone groups is 1. The first-order valence-corrected chi connectivity index (χ1v) is 5.27. The third kappa shape index (κ3) is 3.80. The summed E-state index contributed by atoms with van der Waals surface area (Å²) in [5, 5.41) is 34.9. The van der Waals surface area contributed by atoms with Gasteiger partial charge >= 0.3 is 0 Å². The number of nitrogens with one attached hydrogen (secondary N) is 2. The number of phenols is 3. The molecule has 5 N–H and O–H groups in total. The number of nitrogens with zero attached hydrogens (tertiary/aromatic N) is 1. The molecule has 0 aliphatic heterocycles. The van der Waals surface area contributed by atoms with Gasteiger partial charge in [-0.25, -0.2) is 0 Å². The molecule has 0 saturated heterocycles. The SMILES string of the molecule is CCNC(=S)N/N=C/c1c(O)cc(O)cc1O. The zero-order valence-electron chi connectivity index (χ0n) is 9.14. The van der Waals surface area contributed by atoms with E-state index in [2.05, 4.69) is 15.8 Å². The van der Waals surface area contributed by atoms with Crippen LogP contribution in [0.4, 0.5) is 0 Å². The Labute approximate surface area is 104 Å². The van der Waals surface area contributed by atoms with Gasteiger partial charge in [0.15, 0.2) is 5.11 Å². The number of benzene rings is 1. The van der Waals surface area contributed by atoms with Gasteiger partial charge in [-0.05, 0) is 19.1 Å². The van der Waals surface area contributed by atoms with Crippen LogP contribution in [0, 0.1) is 0 Å². The number of hydrogen-bond acceptors (Lipinski definition) is 5. The highest BCUT2D eigenvalue weighted by Crippen LogP contribution is 2.30. The van der Waals surface area contributed by atoms with E-state index in [1.165, 1.54) is 6.21 Å². The first kappa shape index (κ1) is 13.0.